The molecule has 4 aromatic rings. The molecule has 0 saturated carbocycles. The number of nitrogens with zero attached hydrogens (tertiary/aromatic N) is 4. The zero-order chi connectivity index (χ0) is 20.1. The van der Waals surface area contributed by atoms with Crippen LogP contribution < -0.4 is 10.9 Å². The molecule has 0 bridgehead atoms. The van der Waals surface area contributed by atoms with Crippen molar-refractivity contribution in [2.75, 3.05) is 11.1 Å². The Hall–Kier alpha value is -3.19. The highest BCUT2D eigenvalue weighted by Crippen LogP contribution is 2.25. The van der Waals surface area contributed by atoms with Crippen LogP contribution in [0.2, 0.25) is 0 Å². The molecule has 0 saturated heterocycles. The summed E-state index contributed by atoms with van der Waals surface area (Å²) in [5.41, 5.74) is 2.86. The summed E-state index contributed by atoms with van der Waals surface area (Å²) in [5.74, 6) is 1.50. The van der Waals surface area contributed by atoms with E-state index in [1.54, 1.807) is 16.3 Å². The molecule has 0 aliphatic heterocycles. The first-order chi connectivity index (χ1) is 14.2. The van der Waals surface area contributed by atoms with Crippen LogP contribution in [0.15, 0.2) is 76.8 Å². The topological polar surface area (TPSA) is 72.7 Å². The second kappa shape index (κ2) is 8.87. The lowest BCUT2D eigenvalue weighted by Crippen LogP contribution is -2.22. The number of nitrogens with one attached hydrogen (secondary N) is 1. The van der Waals surface area contributed by atoms with E-state index < -0.39 is 0 Å². The van der Waals surface area contributed by atoms with Gasteiger partial charge in [-0.2, -0.15) is 0 Å². The molecule has 29 heavy (non-hydrogen) atoms. The van der Waals surface area contributed by atoms with Crippen LogP contribution in [0, 0.1) is 0 Å². The van der Waals surface area contributed by atoms with Crippen molar-refractivity contribution in [3.05, 3.63) is 82.8 Å². The van der Waals surface area contributed by atoms with Crippen molar-refractivity contribution in [1.82, 2.24) is 19.5 Å². The lowest BCUT2D eigenvalue weighted by Gasteiger charge is -2.13. The summed E-state index contributed by atoms with van der Waals surface area (Å²) in [6.45, 7) is 2.54. The molecule has 0 aliphatic carbocycles. The van der Waals surface area contributed by atoms with Gasteiger partial charge in [0, 0.05) is 11.4 Å². The van der Waals surface area contributed by atoms with E-state index in [9.17, 15) is 4.79 Å². The summed E-state index contributed by atoms with van der Waals surface area (Å²) in [6, 6.07) is 19.7. The summed E-state index contributed by atoms with van der Waals surface area (Å²) >= 11 is 1.58. The van der Waals surface area contributed by atoms with Crippen molar-refractivity contribution >= 4 is 34.4 Å². The maximum Gasteiger partial charge on any atom is 0.270 e. The number of hydrogen-bond acceptors (Lipinski definition) is 6. The van der Waals surface area contributed by atoms with Crippen molar-refractivity contribution in [1.29, 1.82) is 0 Å². The summed E-state index contributed by atoms with van der Waals surface area (Å²) in [4.78, 5) is 26.4. The quantitative estimate of drug-likeness (QED) is 0.362. The Balaban J connectivity index is 1.85. The van der Waals surface area contributed by atoms with Crippen LogP contribution in [0.3, 0.4) is 0 Å². The molecule has 6 nitrogen and oxygen atoms in total. The number of thioether (sulfide) groups is 1. The van der Waals surface area contributed by atoms with Gasteiger partial charge in [0.05, 0.1) is 12.7 Å². The number of para-hydroxylation sites is 1. The minimum Gasteiger partial charge on any atom is -0.338 e. The van der Waals surface area contributed by atoms with E-state index in [4.69, 9.17) is 0 Å². The monoisotopic (exact) mass is 403 g/mol. The number of benzene rings is 2. The van der Waals surface area contributed by atoms with Gasteiger partial charge in [0.15, 0.2) is 16.6 Å². The Morgan fingerprint density at radius 3 is 2.45 bits per heavy atom. The van der Waals surface area contributed by atoms with Crippen LogP contribution in [0.5, 0.6) is 0 Å². The number of aromatic nitrogens is 4. The molecular formula is C22H21N5OS. The van der Waals surface area contributed by atoms with Crippen molar-refractivity contribution in [2.24, 2.45) is 0 Å². The van der Waals surface area contributed by atoms with E-state index in [-0.39, 0.29) is 5.56 Å². The van der Waals surface area contributed by atoms with Crippen LogP contribution >= 0.6 is 11.8 Å². The molecule has 0 spiro atoms. The van der Waals surface area contributed by atoms with Crippen molar-refractivity contribution < 1.29 is 0 Å². The minimum absolute atomic E-state index is 0.183. The molecule has 0 fully saturated rings. The average molecular weight is 404 g/mol. The Bertz CT molecular complexity index is 1160. The fraction of sp³-hybridized carbons (Fsp3) is 0.182. The van der Waals surface area contributed by atoms with Crippen molar-refractivity contribution in [3.8, 4) is 0 Å². The molecule has 146 valence electrons. The predicted molar refractivity (Wildman–Crippen MR) is 118 cm³/mol. The molecule has 0 unspecified atom stereocenters. The van der Waals surface area contributed by atoms with Gasteiger partial charge in [-0.3, -0.25) is 9.36 Å². The zero-order valence-electron chi connectivity index (χ0n) is 16.1. The first kappa shape index (κ1) is 19.1. The third-order valence-corrected chi connectivity index (χ3v) is 5.38. The Labute approximate surface area is 173 Å². The SMILES string of the molecule is CCCSc1nc(Nc2ccccc2)c2ncc(=O)n(Cc3ccccc3)c2n1. The molecule has 1 N–H and O–H groups in total. The molecule has 0 radical (unpaired) electrons. The third kappa shape index (κ3) is 4.46. The zero-order valence-corrected chi connectivity index (χ0v) is 16.9. The van der Waals surface area contributed by atoms with E-state index in [0.29, 0.717) is 28.7 Å². The van der Waals surface area contributed by atoms with E-state index in [0.717, 1.165) is 23.4 Å². The normalized spacial score (nSPS) is 10.9. The van der Waals surface area contributed by atoms with Gasteiger partial charge in [-0.1, -0.05) is 67.2 Å². The van der Waals surface area contributed by atoms with E-state index in [2.05, 4.69) is 27.2 Å². The fourth-order valence-corrected chi connectivity index (χ4v) is 3.64. The maximum absolute atomic E-state index is 12.6. The molecular weight excluding hydrogens is 382 g/mol. The smallest absolute Gasteiger partial charge is 0.270 e. The minimum atomic E-state index is -0.183. The molecule has 2 aromatic carbocycles. The van der Waals surface area contributed by atoms with E-state index in [1.807, 2.05) is 60.7 Å². The highest BCUT2D eigenvalue weighted by atomic mass is 32.2. The second-order valence-corrected chi connectivity index (χ2v) is 7.60. The number of fused-ring (bicyclic) bond motifs is 1. The molecule has 0 atom stereocenters. The van der Waals surface area contributed by atoms with Gasteiger partial charge < -0.3 is 5.32 Å². The predicted octanol–water partition coefficient (Wildman–Crippen LogP) is 4.48. The standard InChI is InChI=1S/C22H21N5OS/c1-2-13-29-22-25-20(24-17-11-7-4-8-12-17)19-21(26-22)27(18(28)14-23-19)15-16-9-5-3-6-10-16/h3-12,14H,2,13,15H2,1H3,(H,24,25,26). The molecule has 2 aromatic heterocycles. The summed E-state index contributed by atoms with van der Waals surface area (Å²) in [6.07, 6.45) is 2.35. The highest BCUT2D eigenvalue weighted by molar-refractivity contribution is 7.99. The lowest BCUT2D eigenvalue weighted by molar-refractivity contribution is 0.764. The van der Waals surface area contributed by atoms with Gasteiger partial charge in [-0.25, -0.2) is 15.0 Å². The Morgan fingerprint density at radius 2 is 1.72 bits per heavy atom. The van der Waals surface area contributed by atoms with Crippen LogP contribution in [0.4, 0.5) is 11.5 Å². The first-order valence-corrected chi connectivity index (χ1v) is 10.5. The van der Waals surface area contributed by atoms with Gasteiger partial charge >= 0.3 is 0 Å². The first-order valence-electron chi connectivity index (χ1n) is 9.51. The lowest BCUT2D eigenvalue weighted by atomic mass is 10.2. The van der Waals surface area contributed by atoms with Crippen LogP contribution in [-0.2, 0) is 6.54 Å². The second-order valence-electron chi connectivity index (χ2n) is 6.53. The maximum atomic E-state index is 12.6. The summed E-state index contributed by atoms with van der Waals surface area (Å²) < 4.78 is 1.66. The summed E-state index contributed by atoms with van der Waals surface area (Å²) in [7, 11) is 0. The van der Waals surface area contributed by atoms with Gasteiger partial charge in [-0.15, -0.1) is 0 Å². The molecule has 0 aliphatic rings. The van der Waals surface area contributed by atoms with Gasteiger partial charge in [0.2, 0.25) is 0 Å². The fourth-order valence-electron chi connectivity index (χ4n) is 2.95. The Morgan fingerprint density at radius 1 is 1.00 bits per heavy atom. The van der Waals surface area contributed by atoms with Crippen LogP contribution in [0.1, 0.15) is 18.9 Å². The molecule has 2 heterocycles. The van der Waals surface area contributed by atoms with Gasteiger partial charge in [-0.05, 0) is 24.1 Å². The largest absolute Gasteiger partial charge is 0.338 e. The number of rotatable bonds is 7. The number of anilines is 2. The third-order valence-electron chi connectivity index (χ3n) is 4.33. The average Bonchev–Trinajstić information content (AvgIpc) is 2.76. The molecule has 4 rings (SSSR count). The van der Waals surface area contributed by atoms with Gasteiger partial charge in [0.25, 0.3) is 5.56 Å². The van der Waals surface area contributed by atoms with E-state index >= 15 is 0 Å². The van der Waals surface area contributed by atoms with Crippen LogP contribution in [0.25, 0.3) is 11.2 Å². The molecule has 7 heteroatoms. The van der Waals surface area contributed by atoms with Crippen molar-refractivity contribution in [2.45, 2.75) is 25.0 Å². The van der Waals surface area contributed by atoms with Crippen molar-refractivity contribution in [3.63, 3.8) is 0 Å². The summed E-state index contributed by atoms with van der Waals surface area (Å²) in [5, 5.41) is 3.96. The Kier molecular flexibility index (Phi) is 5.86. The number of hydrogen-bond donors (Lipinski definition) is 1. The van der Waals surface area contributed by atoms with Gasteiger partial charge in [0.1, 0.15) is 5.52 Å². The van der Waals surface area contributed by atoms with Crippen LogP contribution in [-0.4, -0.2) is 25.3 Å². The highest BCUT2D eigenvalue weighted by Gasteiger charge is 2.15. The molecule has 0 amide bonds. The van der Waals surface area contributed by atoms with E-state index in [1.165, 1.54) is 6.20 Å².